The molecule has 0 aliphatic carbocycles. The molecule has 1 aliphatic rings. The van der Waals surface area contributed by atoms with E-state index in [1.54, 1.807) is 0 Å². The van der Waals surface area contributed by atoms with Gasteiger partial charge in [-0.2, -0.15) is 9.97 Å². The number of nitrogens with zero attached hydrogens (tertiary/aromatic N) is 3. The van der Waals surface area contributed by atoms with Crippen LogP contribution in [0.3, 0.4) is 0 Å². The molecule has 1 saturated heterocycles. The second-order valence-electron chi connectivity index (χ2n) is 3.06. The molecule has 5 heteroatoms. The van der Waals surface area contributed by atoms with E-state index in [0.717, 1.165) is 24.7 Å². The number of aromatic nitrogens is 2. The summed E-state index contributed by atoms with van der Waals surface area (Å²) < 4.78 is 0. The van der Waals surface area contributed by atoms with Crippen molar-refractivity contribution in [2.24, 2.45) is 0 Å². The van der Waals surface area contributed by atoms with E-state index in [2.05, 4.69) is 20.2 Å². The van der Waals surface area contributed by atoms with Crippen LogP contribution in [-0.2, 0) is 0 Å². The Hall–Kier alpha value is -1.52. The van der Waals surface area contributed by atoms with E-state index in [4.69, 9.17) is 5.73 Å². The number of nitrogen functional groups attached to an aromatic ring is 1. The highest BCUT2D eigenvalue weighted by Crippen LogP contribution is 2.20. The summed E-state index contributed by atoms with van der Waals surface area (Å²) in [4.78, 5) is 10.4. The molecule has 2 rings (SSSR count). The average Bonchev–Trinajstić information content (AvgIpc) is 2.00. The molecule has 1 fully saturated rings. The van der Waals surface area contributed by atoms with Gasteiger partial charge in [0.15, 0.2) is 0 Å². The van der Waals surface area contributed by atoms with Gasteiger partial charge in [0, 0.05) is 26.2 Å². The van der Waals surface area contributed by atoms with Crippen molar-refractivity contribution in [1.82, 2.24) is 9.97 Å². The summed E-state index contributed by atoms with van der Waals surface area (Å²) in [5.41, 5.74) is 5.56. The van der Waals surface area contributed by atoms with E-state index in [1.807, 2.05) is 13.1 Å². The van der Waals surface area contributed by atoms with Crippen LogP contribution in [-0.4, -0.2) is 30.1 Å². The van der Waals surface area contributed by atoms with Gasteiger partial charge in [-0.3, -0.25) is 0 Å². The fourth-order valence-electron chi connectivity index (χ4n) is 1.29. The first kappa shape index (κ1) is 8.10. The molecule has 13 heavy (non-hydrogen) atoms. The van der Waals surface area contributed by atoms with Gasteiger partial charge in [0.1, 0.15) is 11.6 Å². The second-order valence-corrected chi connectivity index (χ2v) is 3.06. The minimum atomic E-state index is 0.328. The zero-order chi connectivity index (χ0) is 9.26. The number of anilines is 3. The normalized spacial score (nSPS) is 15.3. The summed E-state index contributed by atoms with van der Waals surface area (Å²) in [6, 6.07) is 1.91. The molecule has 0 spiro atoms. The number of hydrogen-bond acceptors (Lipinski definition) is 5. The summed E-state index contributed by atoms with van der Waals surface area (Å²) in [5.74, 6) is 2.02. The lowest BCUT2D eigenvalue weighted by Crippen LogP contribution is -2.37. The van der Waals surface area contributed by atoms with E-state index in [-0.39, 0.29) is 0 Å². The van der Waals surface area contributed by atoms with Gasteiger partial charge in [-0.25, -0.2) is 0 Å². The van der Waals surface area contributed by atoms with Crippen molar-refractivity contribution in [3.8, 4) is 0 Å². The van der Waals surface area contributed by atoms with Crippen LogP contribution in [0.5, 0.6) is 0 Å². The summed E-state index contributed by atoms with van der Waals surface area (Å²) in [6.45, 7) is 2.14. The Labute approximate surface area is 77.0 Å². The molecule has 70 valence electrons. The van der Waals surface area contributed by atoms with Crippen molar-refractivity contribution in [2.75, 3.05) is 36.1 Å². The van der Waals surface area contributed by atoms with E-state index in [0.29, 0.717) is 5.95 Å². The maximum atomic E-state index is 5.56. The predicted octanol–water partition coefficient (Wildman–Crippen LogP) is 0.311. The van der Waals surface area contributed by atoms with Crippen molar-refractivity contribution in [3.63, 3.8) is 0 Å². The highest BCUT2D eigenvalue weighted by Gasteiger charge is 2.16. The standard InChI is InChI=1S/C8H13N5/c1-10-6-5-7(12-8(9)11-6)13-3-2-4-13/h5H,2-4H2,1H3,(H3,9,10,11,12). The molecular weight excluding hydrogens is 166 g/mol. The third-order valence-electron chi connectivity index (χ3n) is 2.17. The van der Waals surface area contributed by atoms with Crippen molar-refractivity contribution in [2.45, 2.75) is 6.42 Å². The van der Waals surface area contributed by atoms with E-state index < -0.39 is 0 Å². The van der Waals surface area contributed by atoms with Crippen molar-refractivity contribution >= 4 is 17.6 Å². The van der Waals surface area contributed by atoms with Gasteiger partial charge in [-0.15, -0.1) is 0 Å². The van der Waals surface area contributed by atoms with Crippen LogP contribution in [0.25, 0.3) is 0 Å². The van der Waals surface area contributed by atoms with Crippen LogP contribution in [0.1, 0.15) is 6.42 Å². The molecule has 2 heterocycles. The molecule has 0 amide bonds. The van der Waals surface area contributed by atoms with Gasteiger partial charge in [-0.05, 0) is 6.42 Å². The first-order valence-electron chi connectivity index (χ1n) is 4.37. The second kappa shape index (κ2) is 3.08. The molecule has 0 aromatic carbocycles. The lowest BCUT2D eigenvalue weighted by Gasteiger charge is -2.32. The molecule has 0 saturated carbocycles. The van der Waals surface area contributed by atoms with Crippen molar-refractivity contribution < 1.29 is 0 Å². The lowest BCUT2D eigenvalue weighted by molar-refractivity contribution is 0.609. The van der Waals surface area contributed by atoms with E-state index in [9.17, 15) is 0 Å². The SMILES string of the molecule is CNc1cc(N2CCC2)nc(N)n1. The summed E-state index contributed by atoms with van der Waals surface area (Å²) >= 11 is 0. The minimum Gasteiger partial charge on any atom is -0.373 e. The molecule has 3 N–H and O–H groups in total. The Morgan fingerprint density at radius 3 is 2.77 bits per heavy atom. The molecule has 5 nitrogen and oxygen atoms in total. The molecule has 1 aromatic rings. The van der Waals surface area contributed by atoms with Gasteiger partial charge in [-0.1, -0.05) is 0 Å². The smallest absolute Gasteiger partial charge is 0.223 e. The number of rotatable bonds is 2. The van der Waals surface area contributed by atoms with Gasteiger partial charge in [0.2, 0.25) is 5.95 Å². The van der Waals surface area contributed by atoms with E-state index >= 15 is 0 Å². The first-order chi connectivity index (χ1) is 6.29. The monoisotopic (exact) mass is 179 g/mol. The molecular formula is C8H13N5. The van der Waals surface area contributed by atoms with Gasteiger partial charge in [0.05, 0.1) is 0 Å². The first-order valence-corrected chi connectivity index (χ1v) is 4.37. The maximum absolute atomic E-state index is 5.56. The Kier molecular flexibility index (Phi) is 1.92. The highest BCUT2D eigenvalue weighted by atomic mass is 15.2. The third-order valence-corrected chi connectivity index (χ3v) is 2.17. The molecule has 1 aliphatic heterocycles. The van der Waals surface area contributed by atoms with Crippen molar-refractivity contribution in [3.05, 3.63) is 6.07 Å². The fraction of sp³-hybridized carbons (Fsp3) is 0.500. The van der Waals surface area contributed by atoms with Crippen LogP contribution >= 0.6 is 0 Å². The minimum absolute atomic E-state index is 0.328. The Morgan fingerprint density at radius 1 is 1.46 bits per heavy atom. The van der Waals surface area contributed by atoms with Gasteiger partial charge < -0.3 is 16.0 Å². The van der Waals surface area contributed by atoms with Gasteiger partial charge in [0.25, 0.3) is 0 Å². The summed E-state index contributed by atoms with van der Waals surface area (Å²) in [6.07, 6.45) is 1.23. The molecule has 0 atom stereocenters. The predicted molar refractivity (Wildman–Crippen MR) is 52.8 cm³/mol. The fourth-order valence-corrected chi connectivity index (χ4v) is 1.29. The van der Waals surface area contributed by atoms with Gasteiger partial charge >= 0.3 is 0 Å². The maximum Gasteiger partial charge on any atom is 0.223 e. The zero-order valence-corrected chi connectivity index (χ0v) is 7.62. The highest BCUT2D eigenvalue weighted by molar-refractivity contribution is 5.53. The van der Waals surface area contributed by atoms with Crippen LogP contribution in [0.4, 0.5) is 17.6 Å². The van der Waals surface area contributed by atoms with E-state index in [1.165, 1.54) is 6.42 Å². The van der Waals surface area contributed by atoms with Crippen LogP contribution < -0.4 is 16.0 Å². The lowest BCUT2D eigenvalue weighted by atomic mass is 10.2. The molecule has 1 aromatic heterocycles. The van der Waals surface area contributed by atoms with Crippen molar-refractivity contribution in [1.29, 1.82) is 0 Å². The largest absolute Gasteiger partial charge is 0.373 e. The molecule has 0 radical (unpaired) electrons. The van der Waals surface area contributed by atoms with Crippen LogP contribution in [0.2, 0.25) is 0 Å². The number of hydrogen-bond donors (Lipinski definition) is 2. The molecule has 0 bridgehead atoms. The van der Waals surface area contributed by atoms with Crippen LogP contribution in [0, 0.1) is 0 Å². The zero-order valence-electron chi connectivity index (χ0n) is 7.62. The topological polar surface area (TPSA) is 67.1 Å². The average molecular weight is 179 g/mol. The third kappa shape index (κ3) is 1.49. The molecule has 0 unspecified atom stereocenters. The summed E-state index contributed by atoms with van der Waals surface area (Å²) in [7, 11) is 1.82. The Bertz CT molecular complexity index is 307. The number of nitrogens with one attached hydrogen (secondary N) is 1. The Balaban J connectivity index is 2.28. The number of nitrogens with two attached hydrogens (primary N) is 1. The summed E-state index contributed by atoms with van der Waals surface area (Å²) in [5, 5.41) is 2.95. The Morgan fingerprint density at radius 2 is 2.23 bits per heavy atom. The quantitative estimate of drug-likeness (QED) is 0.684. The van der Waals surface area contributed by atoms with Crippen LogP contribution in [0.15, 0.2) is 6.07 Å².